The molecule has 0 aromatic carbocycles. The lowest BCUT2D eigenvalue weighted by Gasteiger charge is -2.10. The highest BCUT2D eigenvalue weighted by atomic mass is 32.2. The van der Waals surface area contributed by atoms with Gasteiger partial charge in [-0.2, -0.15) is 4.98 Å². The number of sulfone groups is 1. The maximum atomic E-state index is 11.4. The van der Waals surface area contributed by atoms with Crippen molar-refractivity contribution in [3.8, 4) is 0 Å². The minimum atomic E-state index is -3.21. The lowest BCUT2D eigenvalue weighted by molar-refractivity contribution is 0.355. The van der Waals surface area contributed by atoms with Crippen molar-refractivity contribution in [2.24, 2.45) is 11.7 Å². The van der Waals surface area contributed by atoms with Gasteiger partial charge < -0.3 is 10.3 Å². The van der Waals surface area contributed by atoms with E-state index in [0.29, 0.717) is 18.2 Å². The molecule has 1 heterocycles. The summed E-state index contributed by atoms with van der Waals surface area (Å²) in [6.07, 6.45) is 2.49. The fourth-order valence-electron chi connectivity index (χ4n) is 1.62. The van der Waals surface area contributed by atoms with Gasteiger partial charge >= 0.3 is 0 Å². The molecule has 2 atom stereocenters. The van der Waals surface area contributed by atoms with Gasteiger partial charge in [-0.05, 0) is 19.3 Å². The molecule has 7 heteroatoms. The molecule has 0 saturated carbocycles. The van der Waals surface area contributed by atoms with E-state index < -0.39 is 15.1 Å². The van der Waals surface area contributed by atoms with E-state index in [4.69, 9.17) is 10.3 Å². The topological polar surface area (TPSA) is 99.1 Å². The van der Waals surface area contributed by atoms with Gasteiger partial charge in [0.25, 0.3) is 0 Å². The van der Waals surface area contributed by atoms with E-state index in [2.05, 4.69) is 24.0 Å². The van der Waals surface area contributed by atoms with Crippen LogP contribution in [0.1, 0.15) is 44.2 Å². The molecule has 0 amide bonds. The average molecular weight is 275 g/mol. The summed E-state index contributed by atoms with van der Waals surface area (Å²) in [7, 11) is -3.21. The Bertz CT molecular complexity index is 481. The summed E-state index contributed by atoms with van der Waals surface area (Å²) >= 11 is 0. The third-order valence-corrected chi connectivity index (χ3v) is 4.20. The van der Waals surface area contributed by atoms with Crippen LogP contribution < -0.4 is 5.73 Å². The highest BCUT2D eigenvalue weighted by Gasteiger charge is 2.23. The molecule has 2 unspecified atom stereocenters. The third-order valence-electron chi connectivity index (χ3n) is 2.70. The van der Waals surface area contributed by atoms with Crippen LogP contribution in [0.2, 0.25) is 0 Å². The molecule has 18 heavy (non-hydrogen) atoms. The van der Waals surface area contributed by atoms with Crippen LogP contribution in [0.5, 0.6) is 0 Å². The van der Waals surface area contributed by atoms with Gasteiger partial charge in [0.15, 0.2) is 15.7 Å². The Morgan fingerprint density at radius 2 is 1.94 bits per heavy atom. The molecule has 0 saturated heterocycles. The number of nitrogens with zero attached hydrogens (tertiary/aromatic N) is 2. The molecule has 1 aromatic heterocycles. The van der Waals surface area contributed by atoms with Gasteiger partial charge in [-0.3, -0.25) is 0 Å². The molecule has 1 aromatic rings. The number of aromatic nitrogens is 2. The number of hydrogen-bond donors (Lipinski definition) is 1. The van der Waals surface area contributed by atoms with Crippen molar-refractivity contribution < 1.29 is 12.9 Å². The van der Waals surface area contributed by atoms with E-state index in [1.165, 1.54) is 6.92 Å². The van der Waals surface area contributed by atoms with Crippen LogP contribution >= 0.6 is 0 Å². The lowest BCUT2D eigenvalue weighted by Crippen LogP contribution is -2.24. The lowest BCUT2D eigenvalue weighted by atomic mass is 10.0. The SMILES string of the molecule is CC(C)CC(N)Cc1nc(C(C)S(C)(=O)=O)no1. The molecule has 0 spiro atoms. The zero-order valence-corrected chi connectivity index (χ0v) is 12.1. The van der Waals surface area contributed by atoms with Gasteiger partial charge in [0.1, 0.15) is 5.25 Å². The van der Waals surface area contributed by atoms with E-state index in [1.54, 1.807) is 0 Å². The molecule has 6 nitrogen and oxygen atoms in total. The van der Waals surface area contributed by atoms with Crippen LogP contribution in [0, 0.1) is 5.92 Å². The molecular formula is C11H21N3O3S. The number of rotatable bonds is 6. The predicted molar refractivity (Wildman–Crippen MR) is 68.7 cm³/mol. The first-order chi connectivity index (χ1) is 8.20. The van der Waals surface area contributed by atoms with Gasteiger partial charge in [-0.1, -0.05) is 19.0 Å². The average Bonchev–Trinajstić information content (AvgIpc) is 2.61. The number of nitrogens with two attached hydrogens (primary N) is 1. The molecule has 0 radical (unpaired) electrons. The summed E-state index contributed by atoms with van der Waals surface area (Å²) < 4.78 is 27.8. The van der Waals surface area contributed by atoms with Crippen molar-refractivity contribution in [3.05, 3.63) is 11.7 Å². The molecule has 0 aliphatic heterocycles. The molecular weight excluding hydrogens is 254 g/mol. The van der Waals surface area contributed by atoms with Crippen molar-refractivity contribution >= 4 is 9.84 Å². The Hall–Kier alpha value is -0.950. The van der Waals surface area contributed by atoms with E-state index in [9.17, 15) is 8.42 Å². The fourth-order valence-corrected chi connectivity index (χ4v) is 2.10. The summed E-state index contributed by atoms with van der Waals surface area (Å²) in [6, 6.07) is -0.0492. The maximum Gasteiger partial charge on any atom is 0.228 e. The van der Waals surface area contributed by atoms with Crippen molar-refractivity contribution in [2.45, 2.75) is 44.9 Å². The van der Waals surface area contributed by atoms with E-state index in [1.807, 2.05) is 0 Å². The summed E-state index contributed by atoms with van der Waals surface area (Å²) in [6.45, 7) is 5.72. The van der Waals surface area contributed by atoms with Gasteiger partial charge in [0.2, 0.25) is 5.89 Å². The zero-order valence-electron chi connectivity index (χ0n) is 11.3. The predicted octanol–water partition coefficient (Wildman–Crippen LogP) is 1.09. The molecule has 0 aliphatic rings. The molecule has 0 aliphatic carbocycles. The van der Waals surface area contributed by atoms with E-state index >= 15 is 0 Å². The molecule has 0 fully saturated rings. The van der Waals surface area contributed by atoms with Crippen LogP contribution in [-0.4, -0.2) is 30.9 Å². The summed E-state index contributed by atoms with van der Waals surface area (Å²) in [5.41, 5.74) is 5.93. The largest absolute Gasteiger partial charge is 0.339 e. The van der Waals surface area contributed by atoms with Crippen LogP contribution in [0.4, 0.5) is 0 Å². The normalized spacial score (nSPS) is 15.9. The van der Waals surface area contributed by atoms with Crippen LogP contribution in [0.15, 0.2) is 4.52 Å². The van der Waals surface area contributed by atoms with Crippen molar-refractivity contribution in [3.63, 3.8) is 0 Å². The van der Waals surface area contributed by atoms with Gasteiger partial charge in [0.05, 0.1) is 0 Å². The fraction of sp³-hybridized carbons (Fsp3) is 0.818. The van der Waals surface area contributed by atoms with E-state index in [-0.39, 0.29) is 11.9 Å². The van der Waals surface area contributed by atoms with Crippen LogP contribution in [-0.2, 0) is 16.3 Å². The van der Waals surface area contributed by atoms with Crippen LogP contribution in [0.25, 0.3) is 0 Å². The summed E-state index contributed by atoms with van der Waals surface area (Å²) in [4.78, 5) is 4.09. The van der Waals surface area contributed by atoms with Crippen molar-refractivity contribution in [2.75, 3.05) is 6.26 Å². The van der Waals surface area contributed by atoms with Gasteiger partial charge in [-0.15, -0.1) is 0 Å². The Balaban J connectivity index is 2.70. The Kier molecular flexibility index (Phi) is 4.86. The van der Waals surface area contributed by atoms with Gasteiger partial charge in [-0.25, -0.2) is 8.42 Å². The first-order valence-electron chi connectivity index (χ1n) is 5.97. The minimum Gasteiger partial charge on any atom is -0.339 e. The molecule has 1 rings (SSSR count). The second kappa shape index (κ2) is 5.79. The highest BCUT2D eigenvalue weighted by molar-refractivity contribution is 7.90. The quantitative estimate of drug-likeness (QED) is 0.834. The molecule has 0 bridgehead atoms. The molecule has 2 N–H and O–H groups in total. The first-order valence-corrected chi connectivity index (χ1v) is 7.92. The molecule has 104 valence electrons. The number of hydrogen-bond acceptors (Lipinski definition) is 6. The monoisotopic (exact) mass is 275 g/mol. The first kappa shape index (κ1) is 15.1. The maximum absolute atomic E-state index is 11.4. The smallest absolute Gasteiger partial charge is 0.228 e. The van der Waals surface area contributed by atoms with Crippen molar-refractivity contribution in [1.82, 2.24) is 10.1 Å². The highest BCUT2D eigenvalue weighted by Crippen LogP contribution is 2.18. The zero-order chi connectivity index (χ0) is 13.9. The van der Waals surface area contributed by atoms with Crippen molar-refractivity contribution in [1.29, 1.82) is 0 Å². The second-order valence-electron chi connectivity index (χ2n) is 5.11. The standard InChI is InChI=1S/C11H21N3O3S/c1-7(2)5-9(12)6-10-13-11(14-17-10)8(3)18(4,15)16/h7-9H,5-6,12H2,1-4H3. The second-order valence-corrected chi connectivity index (χ2v) is 7.48. The van der Waals surface area contributed by atoms with Crippen LogP contribution in [0.3, 0.4) is 0 Å². The summed E-state index contributed by atoms with van der Waals surface area (Å²) in [5, 5.41) is 2.94. The Morgan fingerprint density at radius 3 is 2.44 bits per heavy atom. The minimum absolute atomic E-state index is 0.0492. The summed E-state index contributed by atoms with van der Waals surface area (Å²) in [5.74, 6) is 1.09. The van der Waals surface area contributed by atoms with Gasteiger partial charge in [0, 0.05) is 18.7 Å². The Labute approximate surface area is 108 Å². The van der Waals surface area contributed by atoms with E-state index in [0.717, 1.165) is 12.7 Å². The third kappa shape index (κ3) is 4.38. The Morgan fingerprint density at radius 1 is 1.33 bits per heavy atom.